The first-order valence-electron chi connectivity index (χ1n) is 11.4. The Morgan fingerprint density at radius 3 is 1.64 bits per heavy atom. The van der Waals surface area contributed by atoms with E-state index >= 15 is 0 Å². The zero-order chi connectivity index (χ0) is 25.2. The Hall–Kier alpha value is -2.80. The number of nitrogens with two attached hydrogens (primary N) is 1. The standard InChI is InChI=1S/C13H18FNO.C7H8FN.C6H12O2/c1-3-11(4-2)13(16)15-9-10-6-5-7-12(14)8-10;8-7-3-1-2-6(4-7)5-9;1-3-5(4-2)6(7)8/h5-8,11H,3-4,9H2,1-2H3,(H,15,16);1-4H,5,9H2;5H,3-4H2,1-2H3,(H,7,8). The zero-order valence-corrected chi connectivity index (χ0v) is 20.1. The van der Waals surface area contributed by atoms with Crippen LogP contribution in [0, 0.1) is 23.5 Å². The number of benzene rings is 2. The second kappa shape index (κ2) is 17.7. The molecule has 2 rings (SSSR count). The Morgan fingerprint density at radius 1 is 0.848 bits per heavy atom. The fourth-order valence-corrected chi connectivity index (χ4v) is 2.94. The summed E-state index contributed by atoms with van der Waals surface area (Å²) in [6.45, 7) is 8.57. The van der Waals surface area contributed by atoms with Crippen LogP contribution in [0.15, 0.2) is 48.5 Å². The monoisotopic (exact) mass is 464 g/mol. The van der Waals surface area contributed by atoms with Gasteiger partial charge in [-0.1, -0.05) is 52.0 Å². The highest BCUT2D eigenvalue weighted by atomic mass is 19.1. The quantitative estimate of drug-likeness (QED) is 0.446. The summed E-state index contributed by atoms with van der Waals surface area (Å²) >= 11 is 0. The zero-order valence-electron chi connectivity index (χ0n) is 20.1. The summed E-state index contributed by atoms with van der Waals surface area (Å²) in [5.74, 6) is -1.18. The molecule has 0 heterocycles. The molecule has 2 aromatic rings. The maximum absolute atomic E-state index is 12.9. The van der Waals surface area contributed by atoms with Crippen LogP contribution in [0.4, 0.5) is 8.78 Å². The van der Waals surface area contributed by atoms with Crippen LogP contribution in [-0.4, -0.2) is 17.0 Å². The van der Waals surface area contributed by atoms with Crippen LogP contribution in [0.2, 0.25) is 0 Å². The van der Waals surface area contributed by atoms with E-state index in [1.807, 2.05) is 27.7 Å². The van der Waals surface area contributed by atoms with Crippen molar-refractivity contribution in [3.63, 3.8) is 0 Å². The van der Waals surface area contributed by atoms with Crippen LogP contribution in [-0.2, 0) is 22.7 Å². The topological polar surface area (TPSA) is 92.4 Å². The van der Waals surface area contributed by atoms with E-state index < -0.39 is 5.97 Å². The summed E-state index contributed by atoms with van der Waals surface area (Å²) in [6, 6.07) is 12.6. The van der Waals surface area contributed by atoms with Gasteiger partial charge >= 0.3 is 5.97 Å². The normalized spacial score (nSPS) is 10.1. The first-order valence-corrected chi connectivity index (χ1v) is 11.4. The molecule has 0 aliphatic carbocycles. The molecular formula is C26H38F2N2O3. The number of carbonyl (C=O) groups excluding carboxylic acids is 1. The molecule has 2 aromatic carbocycles. The van der Waals surface area contributed by atoms with E-state index in [1.165, 1.54) is 24.3 Å². The van der Waals surface area contributed by atoms with Gasteiger partial charge in [0.1, 0.15) is 11.6 Å². The number of hydrogen-bond acceptors (Lipinski definition) is 3. The lowest BCUT2D eigenvalue weighted by molar-refractivity contribution is -0.141. The number of carbonyl (C=O) groups is 2. The van der Waals surface area contributed by atoms with Crippen molar-refractivity contribution >= 4 is 11.9 Å². The third-order valence-corrected chi connectivity index (χ3v) is 5.17. The summed E-state index contributed by atoms with van der Waals surface area (Å²) in [4.78, 5) is 21.8. The Bertz CT molecular complexity index is 823. The van der Waals surface area contributed by atoms with Gasteiger partial charge in [-0.25, -0.2) is 8.78 Å². The van der Waals surface area contributed by atoms with Gasteiger partial charge in [-0.2, -0.15) is 0 Å². The summed E-state index contributed by atoms with van der Waals surface area (Å²) in [5.41, 5.74) is 6.87. The molecule has 0 radical (unpaired) electrons. The molecular weight excluding hydrogens is 426 g/mol. The minimum Gasteiger partial charge on any atom is -0.481 e. The average Bonchev–Trinajstić information content (AvgIpc) is 2.80. The molecule has 184 valence electrons. The minimum absolute atomic E-state index is 0.0502. The van der Waals surface area contributed by atoms with Gasteiger partial charge in [0.2, 0.25) is 5.91 Å². The molecule has 0 saturated carbocycles. The first kappa shape index (κ1) is 30.2. The summed E-state index contributed by atoms with van der Waals surface area (Å²) in [7, 11) is 0. The number of halogens is 2. The lowest BCUT2D eigenvalue weighted by Crippen LogP contribution is -2.29. The molecule has 0 saturated heterocycles. The second-order valence-corrected chi connectivity index (χ2v) is 7.55. The van der Waals surface area contributed by atoms with Crippen molar-refractivity contribution in [2.45, 2.75) is 66.5 Å². The molecule has 5 nitrogen and oxygen atoms in total. The van der Waals surface area contributed by atoms with Crippen molar-refractivity contribution in [3.05, 3.63) is 71.3 Å². The lowest BCUT2D eigenvalue weighted by Gasteiger charge is -2.12. The Kier molecular flexibility index (Phi) is 16.2. The average molecular weight is 465 g/mol. The highest BCUT2D eigenvalue weighted by molar-refractivity contribution is 5.78. The predicted molar refractivity (Wildman–Crippen MR) is 128 cm³/mol. The Morgan fingerprint density at radius 2 is 1.30 bits per heavy atom. The molecule has 1 amide bonds. The van der Waals surface area contributed by atoms with Crippen LogP contribution < -0.4 is 11.1 Å². The third kappa shape index (κ3) is 13.4. The second-order valence-electron chi connectivity index (χ2n) is 7.55. The van der Waals surface area contributed by atoms with Crippen molar-refractivity contribution < 1.29 is 23.5 Å². The number of carboxylic acid groups (broad SMARTS) is 1. The van der Waals surface area contributed by atoms with Gasteiger partial charge in [0.05, 0.1) is 5.92 Å². The summed E-state index contributed by atoms with van der Waals surface area (Å²) in [6.07, 6.45) is 3.16. The first-order chi connectivity index (χ1) is 15.7. The molecule has 0 spiro atoms. The number of carboxylic acids is 1. The van der Waals surface area contributed by atoms with Crippen molar-refractivity contribution in [1.29, 1.82) is 0 Å². The van der Waals surface area contributed by atoms with Crippen LogP contribution in [0.25, 0.3) is 0 Å². The molecule has 33 heavy (non-hydrogen) atoms. The smallest absolute Gasteiger partial charge is 0.306 e. The number of hydrogen-bond donors (Lipinski definition) is 3. The van der Waals surface area contributed by atoms with Crippen LogP contribution in [0.5, 0.6) is 0 Å². The van der Waals surface area contributed by atoms with E-state index in [4.69, 9.17) is 10.8 Å². The molecule has 0 atom stereocenters. The van der Waals surface area contributed by atoms with Crippen LogP contribution in [0.3, 0.4) is 0 Å². The van der Waals surface area contributed by atoms with E-state index in [9.17, 15) is 18.4 Å². The fourth-order valence-electron chi connectivity index (χ4n) is 2.94. The summed E-state index contributed by atoms with van der Waals surface area (Å²) in [5, 5.41) is 11.2. The molecule has 0 bridgehead atoms. The van der Waals surface area contributed by atoms with Crippen molar-refractivity contribution in [2.24, 2.45) is 17.6 Å². The maximum atomic E-state index is 12.9. The number of nitrogens with one attached hydrogen (secondary N) is 1. The van der Waals surface area contributed by atoms with Crippen molar-refractivity contribution in [1.82, 2.24) is 5.32 Å². The Balaban J connectivity index is 0.000000511. The van der Waals surface area contributed by atoms with Crippen molar-refractivity contribution in [3.8, 4) is 0 Å². The Labute approximate surface area is 196 Å². The summed E-state index contributed by atoms with van der Waals surface area (Å²) < 4.78 is 25.2. The van der Waals surface area contributed by atoms with Crippen molar-refractivity contribution in [2.75, 3.05) is 0 Å². The molecule has 0 aliphatic rings. The molecule has 4 N–H and O–H groups in total. The molecule has 0 aliphatic heterocycles. The van der Waals surface area contributed by atoms with Gasteiger partial charge in [-0.05, 0) is 61.1 Å². The van der Waals surface area contributed by atoms with Crippen LogP contribution >= 0.6 is 0 Å². The van der Waals surface area contributed by atoms with E-state index in [-0.39, 0.29) is 29.4 Å². The highest BCUT2D eigenvalue weighted by Gasteiger charge is 2.13. The van der Waals surface area contributed by atoms with E-state index in [0.717, 1.165) is 36.8 Å². The largest absolute Gasteiger partial charge is 0.481 e. The fraction of sp³-hybridized carbons (Fsp3) is 0.462. The number of rotatable bonds is 9. The van der Waals surface area contributed by atoms with Crippen LogP contribution in [0.1, 0.15) is 64.5 Å². The van der Waals surface area contributed by atoms with Gasteiger partial charge in [0.15, 0.2) is 0 Å². The van der Waals surface area contributed by atoms with E-state index in [1.54, 1.807) is 24.3 Å². The molecule has 0 unspecified atom stereocenters. The van der Waals surface area contributed by atoms with Gasteiger partial charge in [-0.15, -0.1) is 0 Å². The number of aliphatic carboxylic acids is 1. The number of amides is 1. The van der Waals surface area contributed by atoms with Gasteiger partial charge in [0.25, 0.3) is 0 Å². The lowest BCUT2D eigenvalue weighted by atomic mass is 10.0. The SMILES string of the molecule is CCC(CC)C(=O)NCc1cccc(F)c1.CCC(CC)C(=O)O.NCc1cccc(F)c1. The van der Waals surface area contributed by atoms with Gasteiger partial charge in [0, 0.05) is 19.0 Å². The molecule has 7 heteroatoms. The maximum Gasteiger partial charge on any atom is 0.306 e. The van der Waals surface area contributed by atoms with Gasteiger partial charge in [-0.3, -0.25) is 9.59 Å². The van der Waals surface area contributed by atoms with E-state index in [0.29, 0.717) is 13.1 Å². The molecule has 0 aromatic heterocycles. The third-order valence-electron chi connectivity index (χ3n) is 5.17. The molecule has 0 fully saturated rings. The highest BCUT2D eigenvalue weighted by Crippen LogP contribution is 2.09. The predicted octanol–water partition coefficient (Wildman–Crippen LogP) is 5.67. The van der Waals surface area contributed by atoms with E-state index in [2.05, 4.69) is 5.32 Å². The minimum atomic E-state index is -0.671. The van der Waals surface area contributed by atoms with Gasteiger partial charge < -0.3 is 16.2 Å².